The quantitative estimate of drug-likeness (QED) is 0.0729. The van der Waals surface area contributed by atoms with Gasteiger partial charge in [0.1, 0.15) is 33.9 Å². The van der Waals surface area contributed by atoms with Gasteiger partial charge in [-0.2, -0.15) is 0 Å². The van der Waals surface area contributed by atoms with E-state index in [1.165, 1.54) is 34.4 Å². The third kappa shape index (κ3) is 9.82. The number of carbonyl (C=O) groups excluding carboxylic acids is 2. The predicted octanol–water partition coefficient (Wildman–Crippen LogP) is 12.1. The number of ketones is 2. The van der Waals surface area contributed by atoms with Crippen LogP contribution in [0, 0.1) is 0 Å². The van der Waals surface area contributed by atoms with Gasteiger partial charge in [0.05, 0.1) is 18.6 Å². The molecule has 0 saturated carbocycles. The first-order valence-electron chi connectivity index (χ1n) is 21.3. The van der Waals surface area contributed by atoms with Gasteiger partial charge in [0.2, 0.25) is 0 Å². The number of hydrogen-bond donors (Lipinski definition) is 0. The molecule has 0 aromatic heterocycles. The molecule has 1 aliphatic rings. The van der Waals surface area contributed by atoms with Crippen LogP contribution >= 0.6 is 0 Å². The smallest absolute Gasteiger partial charge is 0.186 e. The Bertz CT molecular complexity index is 2190. The summed E-state index contributed by atoms with van der Waals surface area (Å²) in [7, 11) is 0. The van der Waals surface area contributed by atoms with Gasteiger partial charge in [0, 0.05) is 24.7 Å². The van der Waals surface area contributed by atoms with Crippen LogP contribution in [0.1, 0.15) is 113 Å². The fraction of sp³-hybridized carbons (Fsp3) is 0.345. The molecule has 61 heavy (non-hydrogen) atoms. The summed E-state index contributed by atoms with van der Waals surface area (Å²) in [4.78, 5) is 24.6. The van der Waals surface area contributed by atoms with Gasteiger partial charge in [-0.3, -0.25) is 9.59 Å². The van der Waals surface area contributed by atoms with Crippen molar-refractivity contribution in [3.8, 4) is 11.5 Å². The first-order valence-corrected chi connectivity index (χ1v) is 21.3. The third-order valence-electron chi connectivity index (χ3n) is 12.1. The highest BCUT2D eigenvalue weighted by molar-refractivity contribution is 5.96. The predicted molar refractivity (Wildman–Crippen MR) is 246 cm³/mol. The summed E-state index contributed by atoms with van der Waals surface area (Å²) in [5.41, 5.74) is 3.71. The van der Waals surface area contributed by atoms with E-state index in [0.29, 0.717) is 26.1 Å². The van der Waals surface area contributed by atoms with Crippen molar-refractivity contribution in [2.45, 2.75) is 108 Å². The van der Waals surface area contributed by atoms with Gasteiger partial charge in [0.25, 0.3) is 0 Å². The molecule has 0 aliphatic heterocycles. The minimum atomic E-state index is -0.945. The molecule has 0 radical (unpaired) electrons. The molecule has 0 fully saturated rings. The van der Waals surface area contributed by atoms with Crippen molar-refractivity contribution in [2.75, 3.05) is 13.2 Å². The van der Waals surface area contributed by atoms with Crippen LogP contribution < -0.4 is 9.47 Å². The molecule has 0 heterocycles. The van der Waals surface area contributed by atoms with Crippen LogP contribution in [0.2, 0.25) is 0 Å². The number of rotatable bonds is 20. The topological polar surface area (TPSA) is 71.1 Å². The van der Waals surface area contributed by atoms with Crippen LogP contribution in [0.4, 0.5) is 0 Å². The van der Waals surface area contributed by atoms with Crippen molar-refractivity contribution < 1.29 is 28.5 Å². The van der Waals surface area contributed by atoms with Crippen molar-refractivity contribution in [1.29, 1.82) is 0 Å². The van der Waals surface area contributed by atoms with Gasteiger partial charge in [-0.15, -0.1) is 0 Å². The van der Waals surface area contributed by atoms with E-state index in [2.05, 4.69) is 147 Å². The molecular weight excluding hydrogens is 757 g/mol. The fourth-order valence-electron chi connectivity index (χ4n) is 8.75. The van der Waals surface area contributed by atoms with Gasteiger partial charge >= 0.3 is 0 Å². The standard InChI is InChI=1S/C55H62O6/c1-11-47(56)53(7,8)58-37-35-51(3,4)60-43-31-27-41(28-32-43)55(42-29-33-44(34-30-42)61-52(5,6)36-38-59-54(9,10)48(57)12-2)46-26-20-19-25-45(46)49(39-21-15-13-16-22-39)50(55)40-23-17-14-18-24-40/h11-34,49-50H,1-2,35-38H2,3-10H3. The van der Waals surface area contributed by atoms with Gasteiger partial charge in [-0.05, 0) is 125 Å². The molecule has 318 valence electrons. The lowest BCUT2D eigenvalue weighted by Crippen LogP contribution is -2.37. The van der Waals surface area contributed by atoms with E-state index < -0.39 is 27.8 Å². The second-order valence-corrected chi connectivity index (χ2v) is 18.3. The molecule has 0 bridgehead atoms. The summed E-state index contributed by atoms with van der Waals surface area (Å²) in [6, 6.07) is 47.8. The SMILES string of the molecule is C=CC(=O)C(C)(C)OCCC(C)(C)Oc1ccc(C2(c3ccc(OC(C)(C)CCOC(C)(C)C(=O)C=C)cc3)c3ccccc3C(c3ccccc3)C2c2ccccc2)cc1. The summed E-state index contributed by atoms with van der Waals surface area (Å²) < 4.78 is 25.2. The summed E-state index contributed by atoms with van der Waals surface area (Å²) in [6.45, 7) is 23.2. The zero-order chi connectivity index (χ0) is 44.1. The highest BCUT2D eigenvalue weighted by atomic mass is 16.5. The van der Waals surface area contributed by atoms with E-state index in [1.54, 1.807) is 27.7 Å². The summed E-state index contributed by atoms with van der Waals surface area (Å²) >= 11 is 0. The lowest BCUT2D eigenvalue weighted by atomic mass is 9.61. The average molecular weight is 819 g/mol. The highest BCUT2D eigenvalue weighted by Crippen LogP contribution is 2.63. The monoisotopic (exact) mass is 818 g/mol. The Balaban J connectivity index is 1.40. The van der Waals surface area contributed by atoms with Crippen LogP contribution in [0.15, 0.2) is 159 Å². The lowest BCUT2D eigenvalue weighted by Gasteiger charge is -2.41. The minimum Gasteiger partial charge on any atom is -0.488 e. The van der Waals surface area contributed by atoms with Crippen LogP contribution in [-0.2, 0) is 24.5 Å². The molecule has 5 aromatic rings. The van der Waals surface area contributed by atoms with Crippen LogP contribution in [0.5, 0.6) is 11.5 Å². The molecule has 1 aliphatic carbocycles. The van der Waals surface area contributed by atoms with Crippen molar-refractivity contribution in [2.24, 2.45) is 0 Å². The molecule has 6 heteroatoms. The van der Waals surface area contributed by atoms with Gasteiger partial charge in [0.15, 0.2) is 11.6 Å². The minimum absolute atomic E-state index is 0.0162. The maximum Gasteiger partial charge on any atom is 0.186 e. The van der Waals surface area contributed by atoms with Crippen LogP contribution in [0.3, 0.4) is 0 Å². The fourth-order valence-corrected chi connectivity index (χ4v) is 8.75. The summed E-state index contributed by atoms with van der Waals surface area (Å²) in [5.74, 6) is 1.24. The molecule has 0 amide bonds. The van der Waals surface area contributed by atoms with Crippen LogP contribution in [0.25, 0.3) is 0 Å². The highest BCUT2D eigenvalue weighted by Gasteiger charge is 2.55. The molecule has 0 N–H and O–H groups in total. The second kappa shape index (κ2) is 18.2. The number of fused-ring (bicyclic) bond motifs is 1. The number of benzene rings is 5. The Labute approximate surface area is 363 Å². The van der Waals surface area contributed by atoms with E-state index in [0.717, 1.165) is 22.6 Å². The Morgan fingerprint density at radius 1 is 0.541 bits per heavy atom. The summed E-state index contributed by atoms with van der Waals surface area (Å²) in [5, 5.41) is 0. The molecule has 0 spiro atoms. The zero-order valence-corrected chi connectivity index (χ0v) is 37.2. The first-order chi connectivity index (χ1) is 28.9. The Morgan fingerprint density at radius 2 is 0.934 bits per heavy atom. The average Bonchev–Trinajstić information content (AvgIpc) is 3.55. The summed E-state index contributed by atoms with van der Waals surface area (Å²) in [6.07, 6.45) is 3.78. The van der Waals surface area contributed by atoms with Crippen molar-refractivity contribution in [3.63, 3.8) is 0 Å². The molecule has 0 saturated heterocycles. The van der Waals surface area contributed by atoms with Crippen molar-refractivity contribution in [1.82, 2.24) is 0 Å². The van der Waals surface area contributed by atoms with E-state index >= 15 is 0 Å². The van der Waals surface area contributed by atoms with Crippen molar-refractivity contribution >= 4 is 11.6 Å². The third-order valence-corrected chi connectivity index (χ3v) is 12.1. The van der Waals surface area contributed by atoms with E-state index in [9.17, 15) is 9.59 Å². The Hall–Kier alpha value is -5.56. The largest absolute Gasteiger partial charge is 0.488 e. The van der Waals surface area contributed by atoms with Gasteiger partial charge in [-0.1, -0.05) is 122 Å². The molecule has 5 aromatic carbocycles. The number of hydrogen-bond acceptors (Lipinski definition) is 6. The van der Waals surface area contributed by atoms with E-state index in [4.69, 9.17) is 18.9 Å². The first kappa shape index (κ1) is 45.0. The van der Waals surface area contributed by atoms with Gasteiger partial charge in [-0.25, -0.2) is 0 Å². The van der Waals surface area contributed by atoms with E-state index in [-0.39, 0.29) is 23.4 Å². The molecular formula is C55H62O6. The molecule has 2 atom stereocenters. The Morgan fingerprint density at radius 3 is 1.36 bits per heavy atom. The number of ether oxygens (including phenoxy) is 4. The van der Waals surface area contributed by atoms with Crippen LogP contribution in [-0.4, -0.2) is 47.2 Å². The second-order valence-electron chi connectivity index (χ2n) is 18.3. The van der Waals surface area contributed by atoms with Gasteiger partial charge < -0.3 is 18.9 Å². The van der Waals surface area contributed by atoms with E-state index in [1.807, 2.05) is 27.7 Å². The Kier molecular flexibility index (Phi) is 13.4. The maximum atomic E-state index is 12.3. The van der Waals surface area contributed by atoms with Crippen molar-refractivity contribution in [3.05, 3.63) is 192 Å². The lowest BCUT2D eigenvalue weighted by molar-refractivity contribution is -0.136. The molecule has 2 unspecified atom stereocenters. The zero-order valence-electron chi connectivity index (χ0n) is 37.2. The molecule has 6 nitrogen and oxygen atoms in total. The maximum absolute atomic E-state index is 12.3. The number of carbonyl (C=O) groups is 2. The molecule has 6 rings (SSSR count). The normalized spacial score (nSPS) is 16.3.